The molecule has 1 aliphatic rings. The number of aliphatic imine (C=N–C) groups is 1. The van der Waals surface area contributed by atoms with Gasteiger partial charge in [0.2, 0.25) is 6.79 Å². The van der Waals surface area contributed by atoms with Crippen LogP contribution in [0.1, 0.15) is 18.1 Å². The molecule has 0 fully saturated rings. The first-order chi connectivity index (χ1) is 12.6. The molecule has 0 aromatic heterocycles. The van der Waals surface area contributed by atoms with Gasteiger partial charge < -0.3 is 24.8 Å². The molecular weight excluding hydrogens is 464 g/mol. The fourth-order valence-electron chi connectivity index (χ4n) is 2.67. The van der Waals surface area contributed by atoms with Crippen LogP contribution in [0.2, 0.25) is 0 Å². The summed E-state index contributed by atoms with van der Waals surface area (Å²) in [6.45, 7) is 3.90. The van der Waals surface area contributed by atoms with Crippen LogP contribution in [0.3, 0.4) is 0 Å². The van der Waals surface area contributed by atoms with Crippen molar-refractivity contribution in [2.24, 2.45) is 4.99 Å². The molecule has 0 saturated carbocycles. The maximum absolute atomic E-state index is 13.5. The lowest BCUT2D eigenvalue weighted by molar-refractivity contribution is 0.174. The van der Waals surface area contributed by atoms with E-state index in [4.69, 9.17) is 9.47 Å². The normalized spacial score (nSPS) is 12.5. The van der Waals surface area contributed by atoms with E-state index in [1.807, 2.05) is 37.1 Å². The van der Waals surface area contributed by atoms with Gasteiger partial charge in [0.25, 0.3) is 0 Å². The van der Waals surface area contributed by atoms with E-state index in [-0.39, 0.29) is 36.5 Å². The van der Waals surface area contributed by atoms with Gasteiger partial charge in [-0.3, -0.25) is 0 Å². The number of benzene rings is 2. The molecule has 0 amide bonds. The van der Waals surface area contributed by atoms with E-state index in [1.165, 1.54) is 12.1 Å². The molecule has 27 heavy (non-hydrogen) atoms. The van der Waals surface area contributed by atoms with Crippen LogP contribution in [0, 0.1) is 5.82 Å². The summed E-state index contributed by atoms with van der Waals surface area (Å²) in [6.07, 6.45) is 0. The van der Waals surface area contributed by atoms with E-state index >= 15 is 0 Å². The molecule has 146 valence electrons. The highest BCUT2D eigenvalue weighted by Gasteiger charge is 2.14. The van der Waals surface area contributed by atoms with Crippen LogP contribution in [0.15, 0.2) is 41.4 Å². The van der Waals surface area contributed by atoms with Crippen LogP contribution >= 0.6 is 24.0 Å². The summed E-state index contributed by atoms with van der Waals surface area (Å²) in [5.74, 6) is 1.21. The highest BCUT2D eigenvalue weighted by molar-refractivity contribution is 14.0. The minimum Gasteiger partial charge on any atom is -0.505 e. The predicted octanol–water partition coefficient (Wildman–Crippen LogP) is 3.48. The molecule has 1 aliphatic heterocycles. The maximum Gasteiger partial charge on any atom is 0.231 e. The Balaban J connectivity index is 0.00000261. The second-order valence-corrected chi connectivity index (χ2v) is 6.00. The first kappa shape index (κ1) is 21.1. The molecule has 3 rings (SSSR count). The van der Waals surface area contributed by atoms with Crippen molar-refractivity contribution >= 4 is 29.9 Å². The Bertz CT molecular complexity index is 817. The van der Waals surface area contributed by atoms with Gasteiger partial charge >= 0.3 is 0 Å². The summed E-state index contributed by atoms with van der Waals surface area (Å²) in [5, 5.41) is 12.5. The monoisotopic (exact) mass is 487 g/mol. The van der Waals surface area contributed by atoms with Crippen molar-refractivity contribution in [3.8, 4) is 17.2 Å². The second kappa shape index (κ2) is 9.63. The van der Waals surface area contributed by atoms with Crippen LogP contribution in [-0.2, 0) is 13.1 Å². The third kappa shape index (κ3) is 5.38. The van der Waals surface area contributed by atoms with Crippen molar-refractivity contribution in [2.45, 2.75) is 20.0 Å². The number of halogens is 2. The molecule has 0 saturated heterocycles. The van der Waals surface area contributed by atoms with Gasteiger partial charge in [-0.25, -0.2) is 9.38 Å². The van der Waals surface area contributed by atoms with Gasteiger partial charge in [-0.15, -0.1) is 24.0 Å². The van der Waals surface area contributed by atoms with Crippen LogP contribution in [-0.4, -0.2) is 36.4 Å². The van der Waals surface area contributed by atoms with Gasteiger partial charge in [-0.05, 0) is 42.3 Å². The summed E-state index contributed by atoms with van der Waals surface area (Å²) in [6, 6.07) is 10.1. The standard InChI is InChI=1S/C19H22FN3O3.HI/c1-3-21-19(22-10-13-4-6-16(24)15(20)8-13)23(2)11-14-5-7-17-18(9-14)26-12-25-17;/h4-9,24H,3,10-12H2,1-2H3,(H,21,22);1H. The summed E-state index contributed by atoms with van der Waals surface area (Å²) < 4.78 is 24.2. The molecule has 0 radical (unpaired) electrons. The smallest absolute Gasteiger partial charge is 0.231 e. The van der Waals surface area contributed by atoms with Crippen molar-refractivity contribution in [3.05, 3.63) is 53.3 Å². The van der Waals surface area contributed by atoms with E-state index < -0.39 is 5.82 Å². The molecule has 2 aromatic rings. The van der Waals surface area contributed by atoms with Crippen molar-refractivity contribution in [2.75, 3.05) is 20.4 Å². The van der Waals surface area contributed by atoms with Crippen LogP contribution in [0.25, 0.3) is 0 Å². The number of guanidine groups is 1. The Morgan fingerprint density at radius 2 is 1.93 bits per heavy atom. The molecule has 1 heterocycles. The van der Waals surface area contributed by atoms with E-state index in [9.17, 15) is 9.50 Å². The SMILES string of the molecule is CCNC(=NCc1ccc(O)c(F)c1)N(C)Cc1ccc2c(c1)OCO2.I. The quantitative estimate of drug-likeness (QED) is 0.384. The van der Waals surface area contributed by atoms with Crippen LogP contribution in [0.4, 0.5) is 4.39 Å². The van der Waals surface area contributed by atoms with Crippen LogP contribution in [0.5, 0.6) is 17.2 Å². The molecule has 8 heteroatoms. The molecule has 0 bridgehead atoms. The Labute approximate surface area is 175 Å². The van der Waals surface area contributed by atoms with Crippen molar-refractivity contribution in [1.82, 2.24) is 10.2 Å². The van der Waals surface area contributed by atoms with Crippen LogP contribution < -0.4 is 14.8 Å². The van der Waals surface area contributed by atoms with Gasteiger partial charge in [-0.1, -0.05) is 12.1 Å². The highest BCUT2D eigenvalue weighted by atomic mass is 127. The zero-order chi connectivity index (χ0) is 18.5. The average Bonchev–Trinajstić information content (AvgIpc) is 3.09. The lowest BCUT2D eigenvalue weighted by Gasteiger charge is -2.22. The molecule has 0 unspecified atom stereocenters. The van der Waals surface area contributed by atoms with E-state index in [0.717, 1.165) is 17.1 Å². The maximum atomic E-state index is 13.5. The van der Waals surface area contributed by atoms with E-state index in [2.05, 4.69) is 10.3 Å². The predicted molar refractivity (Wildman–Crippen MR) is 112 cm³/mol. The number of hydrogen-bond donors (Lipinski definition) is 2. The molecule has 2 N–H and O–H groups in total. The highest BCUT2D eigenvalue weighted by Crippen LogP contribution is 2.32. The number of fused-ring (bicyclic) bond motifs is 1. The van der Waals surface area contributed by atoms with Gasteiger partial charge in [0.15, 0.2) is 29.0 Å². The summed E-state index contributed by atoms with van der Waals surface area (Å²) in [5.41, 5.74) is 1.75. The largest absolute Gasteiger partial charge is 0.505 e. The van der Waals surface area contributed by atoms with Gasteiger partial charge in [0, 0.05) is 20.1 Å². The topological polar surface area (TPSA) is 66.3 Å². The van der Waals surface area contributed by atoms with Crippen molar-refractivity contribution in [3.63, 3.8) is 0 Å². The molecule has 0 spiro atoms. The lowest BCUT2D eigenvalue weighted by Crippen LogP contribution is -2.38. The van der Waals surface area contributed by atoms with Crippen molar-refractivity contribution < 1.29 is 19.0 Å². The average molecular weight is 487 g/mol. The van der Waals surface area contributed by atoms with Gasteiger partial charge in [-0.2, -0.15) is 0 Å². The first-order valence-electron chi connectivity index (χ1n) is 8.42. The number of nitrogens with one attached hydrogen (secondary N) is 1. The van der Waals surface area contributed by atoms with Gasteiger partial charge in [0.1, 0.15) is 0 Å². The number of rotatable bonds is 5. The number of hydrogen-bond acceptors (Lipinski definition) is 4. The molecule has 2 aromatic carbocycles. The third-order valence-corrected chi connectivity index (χ3v) is 3.98. The number of aromatic hydroxyl groups is 1. The minimum atomic E-state index is -0.642. The summed E-state index contributed by atoms with van der Waals surface area (Å²) in [4.78, 5) is 6.53. The molecule has 6 nitrogen and oxygen atoms in total. The first-order valence-corrected chi connectivity index (χ1v) is 8.42. The zero-order valence-corrected chi connectivity index (χ0v) is 17.6. The number of phenolic OH excluding ortho intramolecular Hbond substituents is 1. The lowest BCUT2D eigenvalue weighted by atomic mass is 10.2. The number of phenols is 1. The molecular formula is C19H23FIN3O3. The fraction of sp³-hybridized carbons (Fsp3) is 0.316. The zero-order valence-electron chi connectivity index (χ0n) is 15.2. The van der Waals surface area contributed by atoms with E-state index in [1.54, 1.807) is 6.07 Å². The summed E-state index contributed by atoms with van der Waals surface area (Å²) >= 11 is 0. The molecule has 0 aliphatic carbocycles. The molecule has 0 atom stereocenters. The summed E-state index contributed by atoms with van der Waals surface area (Å²) in [7, 11) is 1.93. The van der Waals surface area contributed by atoms with Gasteiger partial charge in [0.05, 0.1) is 6.54 Å². The Kier molecular flexibility index (Phi) is 7.52. The second-order valence-electron chi connectivity index (χ2n) is 6.00. The fourth-order valence-corrected chi connectivity index (χ4v) is 2.67. The number of nitrogens with zero attached hydrogens (tertiary/aromatic N) is 2. The Hall–Kier alpha value is -2.23. The number of ether oxygens (including phenoxy) is 2. The third-order valence-electron chi connectivity index (χ3n) is 3.98. The van der Waals surface area contributed by atoms with Crippen molar-refractivity contribution in [1.29, 1.82) is 0 Å². The Morgan fingerprint density at radius 1 is 1.19 bits per heavy atom. The minimum absolute atomic E-state index is 0. The van der Waals surface area contributed by atoms with E-state index in [0.29, 0.717) is 31.2 Å². The Morgan fingerprint density at radius 3 is 2.67 bits per heavy atom.